The maximum absolute atomic E-state index is 10.5. The van der Waals surface area contributed by atoms with Gasteiger partial charge in [0.25, 0.3) is 0 Å². The van der Waals surface area contributed by atoms with E-state index >= 15 is 0 Å². The lowest BCUT2D eigenvalue weighted by Gasteiger charge is -2.20. The predicted molar refractivity (Wildman–Crippen MR) is 122 cm³/mol. The van der Waals surface area contributed by atoms with Gasteiger partial charge in [-0.05, 0) is 11.1 Å². The standard InChI is InChI=1S/C3H5N5O8S.C3H5N5O5.C3H4N2O8S/c4-6-5-1-3(7(9)10,8(11)12)2-16-17(13,14)15;4-6-5-1-3(2-9,7(10)11)8(12)13;6-4(7)3(5(8)9)1-12-14(10,11)13-2-3/h1-2H2,(H,13,14,15);9H,1-2H2;1-2H2/p-1. The Morgan fingerprint density at radius 3 is 1.41 bits per heavy atom. The summed E-state index contributed by atoms with van der Waals surface area (Å²) in [4.78, 5) is 58.2. The maximum atomic E-state index is 10.5. The van der Waals surface area contributed by atoms with Crippen LogP contribution in [0.5, 0.6) is 0 Å². The fraction of sp³-hybridized carbons (Fsp3) is 1.00. The Hall–Kier alpha value is -5.28. The van der Waals surface area contributed by atoms with Crippen molar-refractivity contribution in [1.82, 2.24) is 0 Å². The third kappa shape index (κ3) is 11.2. The number of aliphatic hydroxyl groups is 1. The van der Waals surface area contributed by atoms with Crippen LogP contribution in [0.25, 0.3) is 20.9 Å². The Morgan fingerprint density at radius 2 is 1.16 bits per heavy atom. The lowest BCUT2D eigenvalue weighted by molar-refractivity contribution is -0.800. The smallest absolute Gasteiger partial charge is 0.506 e. The summed E-state index contributed by atoms with van der Waals surface area (Å²) in [5.41, 5.74) is 6.94. The molecule has 248 valence electrons. The van der Waals surface area contributed by atoms with Gasteiger partial charge >= 0.3 is 27.4 Å². The van der Waals surface area contributed by atoms with Crippen LogP contribution in [0, 0.1) is 60.7 Å². The van der Waals surface area contributed by atoms with Crippen LogP contribution in [0.4, 0.5) is 0 Å². The zero-order valence-electron chi connectivity index (χ0n) is 20.5. The molecule has 0 radical (unpaired) electrons. The van der Waals surface area contributed by atoms with Crippen molar-refractivity contribution in [3.05, 3.63) is 81.6 Å². The molecule has 1 fully saturated rings. The Morgan fingerprint density at radius 1 is 0.818 bits per heavy atom. The van der Waals surface area contributed by atoms with Crippen LogP contribution in [0.15, 0.2) is 10.2 Å². The van der Waals surface area contributed by atoms with Crippen LogP contribution in [0.2, 0.25) is 0 Å². The van der Waals surface area contributed by atoms with Crippen molar-refractivity contribution in [2.45, 2.75) is 17.0 Å². The molecule has 0 saturated carbocycles. The van der Waals surface area contributed by atoms with E-state index in [1.807, 2.05) is 0 Å². The third-order valence-corrected chi connectivity index (χ3v) is 5.59. The highest BCUT2D eigenvalue weighted by Gasteiger charge is 2.62. The number of nitrogens with zero attached hydrogens (tertiary/aromatic N) is 12. The number of hydrogen-bond donors (Lipinski definition) is 1. The van der Waals surface area contributed by atoms with Crippen molar-refractivity contribution in [2.24, 2.45) is 10.2 Å². The second kappa shape index (κ2) is 16.4. The average Bonchev–Trinajstić information content (AvgIpc) is 2.89. The van der Waals surface area contributed by atoms with Gasteiger partial charge in [-0.15, -0.1) is 0 Å². The van der Waals surface area contributed by atoms with E-state index in [1.165, 1.54) is 0 Å². The largest absolute Gasteiger partial charge is 0.726 e. The first-order valence-electron chi connectivity index (χ1n) is 9.60. The number of hydrogen-bond acceptors (Lipinski definition) is 23. The minimum absolute atomic E-state index is 1.03. The van der Waals surface area contributed by atoms with Gasteiger partial charge in [0.05, 0.1) is 0 Å². The van der Waals surface area contributed by atoms with Gasteiger partial charge in [-0.25, -0.2) is 16.8 Å². The van der Waals surface area contributed by atoms with Crippen molar-refractivity contribution in [1.29, 1.82) is 0 Å². The minimum atomic E-state index is -5.34. The zero-order chi connectivity index (χ0) is 35.2. The van der Waals surface area contributed by atoms with Crippen molar-refractivity contribution < 1.29 is 68.6 Å². The van der Waals surface area contributed by atoms with Crippen LogP contribution < -0.4 is 0 Å². The molecule has 1 rings (SSSR count). The Bertz CT molecular complexity index is 1390. The first kappa shape index (κ1) is 40.9. The number of azide groups is 2. The van der Waals surface area contributed by atoms with Crippen molar-refractivity contribution >= 4 is 20.8 Å². The molecule has 0 bridgehead atoms. The van der Waals surface area contributed by atoms with Gasteiger partial charge in [-0.2, -0.15) is 8.42 Å². The molecular weight excluding hydrogens is 676 g/mol. The van der Waals surface area contributed by atoms with E-state index in [9.17, 15) is 82.1 Å². The first-order chi connectivity index (χ1) is 20.0. The lowest BCUT2D eigenvalue weighted by Crippen LogP contribution is -2.57. The summed E-state index contributed by atoms with van der Waals surface area (Å²) >= 11 is 0. The molecule has 0 aromatic rings. The molecule has 44 heavy (non-hydrogen) atoms. The highest BCUT2D eigenvalue weighted by Crippen LogP contribution is 2.20. The summed E-state index contributed by atoms with van der Waals surface area (Å²) in [6, 6.07) is 0. The number of aliphatic hydroxyl groups excluding tert-OH is 1. The Balaban J connectivity index is 0. The second-order valence-electron chi connectivity index (χ2n) is 7.03. The van der Waals surface area contributed by atoms with E-state index in [2.05, 4.69) is 32.6 Å². The summed E-state index contributed by atoms with van der Waals surface area (Å²) in [5.74, 6) is 0. The number of nitro groups is 6. The van der Waals surface area contributed by atoms with Gasteiger partial charge in [0.1, 0.15) is 29.5 Å². The molecule has 1 N–H and O–H groups in total. The van der Waals surface area contributed by atoms with E-state index in [1.54, 1.807) is 0 Å². The lowest BCUT2D eigenvalue weighted by atomic mass is 10.2. The van der Waals surface area contributed by atoms with E-state index in [0.29, 0.717) is 0 Å². The molecule has 1 aliphatic rings. The van der Waals surface area contributed by atoms with Crippen LogP contribution >= 0.6 is 0 Å². The fourth-order valence-electron chi connectivity index (χ4n) is 1.82. The molecule has 0 aromatic heterocycles. The SMILES string of the molecule is O=[N+]([O-])C1([N+](=O)[O-])COS(=O)(=O)OC1.[N-]=[N+]=NCC(CO)([N+](=O)[O-])[N+](=O)[O-].[N-]=[N+]=NCC(COS(=O)(=O)[O-])([N+](=O)[O-])[N+](=O)[O-]. The molecular formula is C9H13N12O21S2-. The Labute approximate surface area is 238 Å². The highest BCUT2D eigenvalue weighted by molar-refractivity contribution is 7.82. The van der Waals surface area contributed by atoms with Crippen LogP contribution in [-0.4, -0.2) is 113 Å². The predicted octanol–water partition coefficient (Wildman–Crippen LogP) is -2.91. The van der Waals surface area contributed by atoms with E-state index in [0.717, 1.165) is 0 Å². The normalized spacial score (nSPS) is 15.1. The van der Waals surface area contributed by atoms with Crippen LogP contribution in [-0.2, 0) is 33.3 Å². The molecule has 0 amide bonds. The van der Waals surface area contributed by atoms with Crippen LogP contribution in [0.1, 0.15) is 0 Å². The summed E-state index contributed by atoms with van der Waals surface area (Å²) in [7, 11) is -9.67. The van der Waals surface area contributed by atoms with E-state index in [4.69, 9.17) is 16.2 Å². The molecule has 0 aliphatic carbocycles. The number of rotatable bonds is 14. The van der Waals surface area contributed by atoms with Crippen molar-refractivity contribution in [2.75, 3.05) is 39.5 Å². The topological polar surface area (TPSA) is 496 Å². The molecule has 1 heterocycles. The van der Waals surface area contributed by atoms with E-state index < -0.39 is 107 Å². The molecule has 35 heteroatoms. The fourth-order valence-corrected chi connectivity index (χ4v) is 2.89. The summed E-state index contributed by atoms with van der Waals surface area (Å²) < 4.78 is 62.4. The van der Waals surface area contributed by atoms with Gasteiger partial charge in [0, 0.05) is 9.82 Å². The van der Waals surface area contributed by atoms with E-state index in [-0.39, 0.29) is 0 Å². The average molecular weight is 689 g/mol. The van der Waals surface area contributed by atoms with Gasteiger partial charge in [0.15, 0.2) is 19.7 Å². The molecule has 1 saturated heterocycles. The summed E-state index contributed by atoms with van der Waals surface area (Å²) in [6.07, 6.45) is 0. The molecule has 1 aliphatic heterocycles. The van der Waals surface area contributed by atoms with Gasteiger partial charge in [-0.1, -0.05) is 10.2 Å². The maximum Gasteiger partial charge on any atom is 0.506 e. The highest BCUT2D eigenvalue weighted by atomic mass is 32.3. The minimum Gasteiger partial charge on any atom is -0.726 e. The molecule has 0 atom stereocenters. The zero-order valence-corrected chi connectivity index (χ0v) is 22.2. The van der Waals surface area contributed by atoms with Crippen LogP contribution in [0.3, 0.4) is 0 Å². The van der Waals surface area contributed by atoms with Crippen molar-refractivity contribution in [3.63, 3.8) is 0 Å². The summed E-state index contributed by atoms with van der Waals surface area (Å²) in [6.45, 7) is -7.67. The second-order valence-corrected chi connectivity index (χ2v) is 9.37. The summed E-state index contributed by atoms with van der Waals surface area (Å²) in [5, 5.41) is 75.9. The monoisotopic (exact) mass is 689 g/mol. The molecule has 0 unspecified atom stereocenters. The van der Waals surface area contributed by atoms with Gasteiger partial charge in [-0.3, -0.25) is 64.9 Å². The molecule has 33 nitrogen and oxygen atoms in total. The molecule has 0 spiro atoms. The Kier molecular flexibility index (Phi) is 15.2. The van der Waals surface area contributed by atoms with Gasteiger partial charge < -0.3 is 9.66 Å². The molecule has 0 aromatic carbocycles. The quantitative estimate of drug-likeness (QED) is 0.0279. The third-order valence-electron chi connectivity index (χ3n) is 4.37. The first-order valence-corrected chi connectivity index (χ1v) is 12.3. The van der Waals surface area contributed by atoms with Crippen molar-refractivity contribution in [3.8, 4) is 0 Å². The van der Waals surface area contributed by atoms with Gasteiger partial charge in [0.2, 0.25) is 30.2 Å².